The molecule has 0 spiro atoms. The van der Waals surface area contributed by atoms with Crippen LogP contribution in [0.4, 0.5) is 0 Å². The summed E-state index contributed by atoms with van der Waals surface area (Å²) in [6.45, 7) is 5.12. The van der Waals surface area contributed by atoms with Gasteiger partial charge in [0, 0.05) is 12.8 Å². The van der Waals surface area contributed by atoms with Crippen molar-refractivity contribution < 1.29 is 9.63 Å². The molecule has 0 radical (unpaired) electrons. The number of nitrogens with zero attached hydrogens (tertiary/aromatic N) is 2. The fourth-order valence-electron chi connectivity index (χ4n) is 0.863. The molecule has 0 saturated heterocycles. The maximum atomic E-state index is 10.5. The summed E-state index contributed by atoms with van der Waals surface area (Å²) in [5, 5.41) is 12.3. The van der Waals surface area contributed by atoms with E-state index in [9.17, 15) is 4.79 Å². The van der Waals surface area contributed by atoms with Gasteiger partial charge in [0.15, 0.2) is 0 Å². The van der Waals surface area contributed by atoms with Crippen LogP contribution in [0.5, 0.6) is 0 Å². The van der Waals surface area contributed by atoms with Gasteiger partial charge in [0.1, 0.15) is 0 Å². The Balaban J connectivity index is 3.97. The second-order valence-electron chi connectivity index (χ2n) is 3.16. The fraction of sp³-hybridized carbons (Fsp3) is 0.700. The first kappa shape index (κ1) is 12.6. The molecule has 1 unspecified atom stereocenters. The van der Waals surface area contributed by atoms with Crippen molar-refractivity contribution in [2.75, 3.05) is 0 Å². The van der Waals surface area contributed by atoms with Gasteiger partial charge in [-0.25, -0.2) is 4.79 Å². The van der Waals surface area contributed by atoms with E-state index in [1.165, 1.54) is 6.92 Å². The Morgan fingerprint density at radius 2 is 2.29 bits per heavy atom. The molecule has 0 heterocycles. The maximum absolute atomic E-state index is 10.5. The van der Waals surface area contributed by atoms with Gasteiger partial charge in [-0.05, 0) is 26.2 Å². The minimum absolute atomic E-state index is 0.0177. The van der Waals surface area contributed by atoms with Crippen LogP contribution in [0.3, 0.4) is 0 Å². The number of carbonyl (C=O) groups is 1. The molecule has 0 amide bonds. The van der Waals surface area contributed by atoms with Gasteiger partial charge in [-0.2, -0.15) is 5.26 Å². The number of oxime groups is 1. The third-order valence-electron chi connectivity index (χ3n) is 1.80. The number of carbonyl (C=O) groups excluding carboxylic acids is 1. The van der Waals surface area contributed by atoms with Crippen LogP contribution in [0.1, 0.15) is 40.0 Å². The summed E-state index contributed by atoms with van der Waals surface area (Å²) in [5.41, 5.74) is 0.822. The zero-order valence-corrected chi connectivity index (χ0v) is 8.91. The molecule has 14 heavy (non-hydrogen) atoms. The lowest BCUT2D eigenvalue weighted by Gasteiger charge is -2.03. The molecule has 0 rings (SSSR count). The number of hydrogen-bond acceptors (Lipinski definition) is 4. The van der Waals surface area contributed by atoms with Crippen molar-refractivity contribution in [2.24, 2.45) is 11.1 Å². The minimum atomic E-state index is -0.413. The highest BCUT2D eigenvalue weighted by molar-refractivity contribution is 5.84. The van der Waals surface area contributed by atoms with E-state index in [2.05, 4.69) is 16.1 Å². The molecule has 78 valence electrons. The molecule has 4 heteroatoms. The molecule has 0 aliphatic heterocycles. The van der Waals surface area contributed by atoms with Crippen LogP contribution in [0.2, 0.25) is 0 Å². The molecule has 0 aromatic rings. The zero-order chi connectivity index (χ0) is 11.0. The van der Waals surface area contributed by atoms with Crippen molar-refractivity contribution in [2.45, 2.75) is 40.0 Å². The van der Waals surface area contributed by atoms with Crippen LogP contribution in [-0.2, 0) is 9.63 Å². The largest absolute Gasteiger partial charge is 0.331 e. The first-order chi connectivity index (χ1) is 6.60. The Labute approximate surface area is 84.5 Å². The lowest BCUT2D eigenvalue weighted by molar-refractivity contribution is -0.140. The van der Waals surface area contributed by atoms with Crippen LogP contribution in [0.25, 0.3) is 0 Å². The molecular weight excluding hydrogens is 180 g/mol. The van der Waals surface area contributed by atoms with Gasteiger partial charge in [-0.1, -0.05) is 12.1 Å². The van der Waals surface area contributed by atoms with E-state index in [0.717, 1.165) is 18.6 Å². The Morgan fingerprint density at radius 1 is 1.64 bits per heavy atom. The summed E-state index contributed by atoms with van der Waals surface area (Å²) >= 11 is 0. The van der Waals surface area contributed by atoms with Crippen LogP contribution >= 0.6 is 0 Å². The van der Waals surface area contributed by atoms with E-state index in [1.54, 1.807) is 0 Å². The summed E-state index contributed by atoms with van der Waals surface area (Å²) in [5.74, 6) is -0.395. The molecule has 4 nitrogen and oxygen atoms in total. The van der Waals surface area contributed by atoms with E-state index in [-0.39, 0.29) is 5.92 Å². The number of rotatable bonds is 5. The Bertz CT molecular complexity index is 253. The van der Waals surface area contributed by atoms with Crippen molar-refractivity contribution in [3.05, 3.63) is 0 Å². The Kier molecular flexibility index (Phi) is 6.38. The maximum Gasteiger partial charge on any atom is 0.331 e. The molecule has 1 atom stereocenters. The van der Waals surface area contributed by atoms with Crippen molar-refractivity contribution in [1.29, 1.82) is 5.26 Å². The second kappa shape index (κ2) is 7.07. The summed E-state index contributed by atoms with van der Waals surface area (Å²) in [6, 6.07) is 2.15. The van der Waals surface area contributed by atoms with Crippen LogP contribution in [-0.4, -0.2) is 11.7 Å². The smallest absolute Gasteiger partial charge is 0.319 e. The van der Waals surface area contributed by atoms with E-state index in [1.807, 2.05) is 13.8 Å². The zero-order valence-electron chi connectivity index (χ0n) is 8.91. The van der Waals surface area contributed by atoms with E-state index < -0.39 is 5.97 Å². The SMILES string of the molecule is CC/C(CCC(C)C#N)=N\OC(C)=O. The average molecular weight is 196 g/mol. The monoisotopic (exact) mass is 196 g/mol. The van der Waals surface area contributed by atoms with Gasteiger partial charge < -0.3 is 4.84 Å². The Hall–Kier alpha value is -1.37. The Morgan fingerprint density at radius 3 is 2.71 bits per heavy atom. The number of nitriles is 1. The second-order valence-corrected chi connectivity index (χ2v) is 3.16. The highest BCUT2D eigenvalue weighted by atomic mass is 16.7. The van der Waals surface area contributed by atoms with Crippen molar-refractivity contribution in [3.63, 3.8) is 0 Å². The predicted octanol–water partition coefficient (Wildman–Crippen LogP) is 2.26. The first-order valence-electron chi connectivity index (χ1n) is 4.73. The molecule has 0 aromatic carbocycles. The lowest BCUT2D eigenvalue weighted by atomic mass is 10.0. The van der Waals surface area contributed by atoms with Gasteiger partial charge in [0.2, 0.25) is 0 Å². The van der Waals surface area contributed by atoms with E-state index in [0.29, 0.717) is 6.42 Å². The van der Waals surface area contributed by atoms with Gasteiger partial charge in [0.05, 0.1) is 11.8 Å². The normalized spacial score (nSPS) is 13.1. The highest BCUT2D eigenvalue weighted by Crippen LogP contribution is 2.07. The van der Waals surface area contributed by atoms with Gasteiger partial charge in [-0.15, -0.1) is 0 Å². The summed E-state index contributed by atoms with van der Waals surface area (Å²) < 4.78 is 0. The van der Waals surface area contributed by atoms with Crippen molar-refractivity contribution in [1.82, 2.24) is 0 Å². The average Bonchev–Trinajstić information content (AvgIpc) is 2.17. The quantitative estimate of drug-likeness (QED) is 0.385. The van der Waals surface area contributed by atoms with Crippen LogP contribution < -0.4 is 0 Å². The molecule has 0 saturated carbocycles. The highest BCUT2D eigenvalue weighted by Gasteiger charge is 2.03. The standard InChI is InChI=1S/C10H16N2O2/c1-4-10(12-14-9(3)13)6-5-8(2)7-11/h8H,4-6H2,1-3H3/b12-10+. The first-order valence-corrected chi connectivity index (χ1v) is 4.73. The van der Waals surface area contributed by atoms with Gasteiger partial charge >= 0.3 is 5.97 Å². The van der Waals surface area contributed by atoms with Gasteiger partial charge in [0.25, 0.3) is 0 Å². The van der Waals surface area contributed by atoms with Crippen LogP contribution in [0, 0.1) is 17.2 Å². The predicted molar refractivity (Wildman–Crippen MR) is 53.5 cm³/mol. The molecule has 0 aliphatic carbocycles. The number of hydrogen-bond donors (Lipinski definition) is 0. The minimum Gasteiger partial charge on any atom is -0.319 e. The molecule has 0 aromatic heterocycles. The third kappa shape index (κ3) is 6.18. The van der Waals surface area contributed by atoms with E-state index >= 15 is 0 Å². The van der Waals surface area contributed by atoms with Crippen molar-refractivity contribution in [3.8, 4) is 6.07 Å². The van der Waals surface area contributed by atoms with Gasteiger partial charge in [-0.3, -0.25) is 0 Å². The van der Waals surface area contributed by atoms with E-state index in [4.69, 9.17) is 5.26 Å². The van der Waals surface area contributed by atoms with Crippen LogP contribution in [0.15, 0.2) is 5.16 Å². The molecule has 0 aliphatic rings. The topological polar surface area (TPSA) is 62.4 Å². The molecule has 0 bridgehead atoms. The summed E-state index contributed by atoms with van der Waals surface area (Å²) in [4.78, 5) is 15.0. The molecule has 0 fully saturated rings. The molecular formula is C10H16N2O2. The third-order valence-corrected chi connectivity index (χ3v) is 1.80. The molecule has 0 N–H and O–H groups in total. The summed E-state index contributed by atoms with van der Waals surface area (Å²) in [6.07, 6.45) is 2.20. The fourth-order valence-corrected chi connectivity index (χ4v) is 0.863. The van der Waals surface area contributed by atoms with Crippen molar-refractivity contribution >= 4 is 11.7 Å². The lowest BCUT2D eigenvalue weighted by Crippen LogP contribution is -2.03. The summed E-state index contributed by atoms with van der Waals surface area (Å²) in [7, 11) is 0.